The highest BCUT2D eigenvalue weighted by Crippen LogP contribution is 2.21. The largest absolute Gasteiger partial charge is 0.484 e. The smallest absolute Gasteiger partial charge is 0.251 e. The quantitative estimate of drug-likeness (QED) is 0.817. The van der Waals surface area contributed by atoms with Gasteiger partial charge in [-0.15, -0.1) is 0 Å². The van der Waals surface area contributed by atoms with E-state index < -0.39 is 6.10 Å². The maximum Gasteiger partial charge on any atom is 0.251 e. The van der Waals surface area contributed by atoms with E-state index in [4.69, 9.17) is 9.47 Å². The van der Waals surface area contributed by atoms with Crippen LogP contribution in [-0.4, -0.2) is 42.7 Å². The Labute approximate surface area is 112 Å². The molecule has 0 spiro atoms. The number of ether oxygens (including phenoxy) is 2. The monoisotopic (exact) mass is 267 g/mol. The van der Waals surface area contributed by atoms with Crippen molar-refractivity contribution in [3.05, 3.63) is 30.1 Å². The van der Waals surface area contributed by atoms with Gasteiger partial charge in [-0.1, -0.05) is 12.1 Å². The van der Waals surface area contributed by atoms with Crippen LogP contribution in [0.2, 0.25) is 0 Å². The van der Waals surface area contributed by atoms with Crippen molar-refractivity contribution in [2.75, 3.05) is 19.7 Å². The maximum atomic E-state index is 13.4. The fourth-order valence-corrected chi connectivity index (χ4v) is 1.99. The van der Waals surface area contributed by atoms with Crippen molar-refractivity contribution in [1.29, 1.82) is 0 Å². The highest BCUT2D eigenvalue weighted by atomic mass is 19.1. The van der Waals surface area contributed by atoms with Gasteiger partial charge in [0.2, 0.25) is 0 Å². The number of carbonyl (C=O) groups excluding carboxylic acids is 1. The van der Waals surface area contributed by atoms with Crippen molar-refractivity contribution in [2.45, 2.75) is 26.1 Å². The average Bonchev–Trinajstić information content (AvgIpc) is 2.35. The van der Waals surface area contributed by atoms with Gasteiger partial charge in [-0.05, 0) is 26.0 Å². The topological polar surface area (TPSA) is 38.8 Å². The van der Waals surface area contributed by atoms with E-state index in [1.807, 2.05) is 6.92 Å². The van der Waals surface area contributed by atoms with Crippen molar-refractivity contribution in [1.82, 2.24) is 4.90 Å². The van der Waals surface area contributed by atoms with E-state index >= 15 is 0 Å². The molecule has 0 saturated carbocycles. The molecule has 104 valence electrons. The number of amides is 1. The minimum Gasteiger partial charge on any atom is -0.484 e. The van der Waals surface area contributed by atoms with E-state index in [0.717, 1.165) is 0 Å². The lowest BCUT2D eigenvalue weighted by atomic mass is 10.1. The van der Waals surface area contributed by atoms with Gasteiger partial charge in [0.05, 0.1) is 13.1 Å². The minimum absolute atomic E-state index is 0.0461. The predicted molar refractivity (Wildman–Crippen MR) is 68.5 cm³/mol. The molecule has 1 saturated heterocycles. The van der Waals surface area contributed by atoms with Crippen molar-refractivity contribution in [3.8, 4) is 5.75 Å². The van der Waals surface area contributed by atoms with Crippen LogP contribution in [0, 0.1) is 5.82 Å². The number of para-hydroxylation sites is 1. The number of hydrogen-bond acceptors (Lipinski definition) is 3. The highest BCUT2D eigenvalue weighted by molar-refractivity contribution is 5.81. The zero-order valence-corrected chi connectivity index (χ0v) is 11.1. The molecule has 2 rings (SSSR count). The summed E-state index contributed by atoms with van der Waals surface area (Å²) in [4.78, 5) is 13.5. The molecule has 1 fully saturated rings. The van der Waals surface area contributed by atoms with Gasteiger partial charge in [-0.2, -0.15) is 0 Å². The summed E-state index contributed by atoms with van der Waals surface area (Å²) in [6.45, 7) is 5.05. The van der Waals surface area contributed by atoms with Gasteiger partial charge in [-0.25, -0.2) is 4.39 Å². The molecule has 1 atom stereocenters. The molecule has 1 aliphatic heterocycles. The Hall–Kier alpha value is -1.62. The van der Waals surface area contributed by atoms with E-state index in [1.165, 1.54) is 6.07 Å². The van der Waals surface area contributed by atoms with Crippen LogP contribution in [0.4, 0.5) is 4.39 Å². The Morgan fingerprint density at radius 1 is 1.47 bits per heavy atom. The summed E-state index contributed by atoms with van der Waals surface area (Å²) in [7, 11) is 0. The molecule has 1 aromatic carbocycles. The zero-order valence-electron chi connectivity index (χ0n) is 11.1. The van der Waals surface area contributed by atoms with Gasteiger partial charge in [0.15, 0.2) is 11.6 Å². The molecule has 0 bridgehead atoms. The standard InChI is InChI=1S/C14H18FNO3/c1-3-18-10(2)14(17)16-8-11(9-16)19-13-7-5-4-6-12(13)15/h4-7,10-11H,3,8-9H2,1-2H3/t10-/m0/s1. The lowest BCUT2D eigenvalue weighted by Gasteiger charge is -2.40. The van der Waals surface area contributed by atoms with E-state index in [-0.39, 0.29) is 23.6 Å². The molecule has 0 radical (unpaired) electrons. The Bertz CT molecular complexity index is 446. The Kier molecular flexibility index (Phi) is 4.37. The van der Waals surface area contributed by atoms with Gasteiger partial charge in [-0.3, -0.25) is 4.79 Å². The van der Waals surface area contributed by atoms with Gasteiger partial charge < -0.3 is 14.4 Å². The van der Waals surface area contributed by atoms with Crippen molar-refractivity contribution in [3.63, 3.8) is 0 Å². The molecule has 0 aromatic heterocycles. The van der Waals surface area contributed by atoms with Crippen LogP contribution < -0.4 is 4.74 Å². The summed E-state index contributed by atoms with van der Waals surface area (Å²) in [5.41, 5.74) is 0. The third kappa shape index (κ3) is 3.23. The molecule has 1 heterocycles. The minimum atomic E-state index is -0.431. The number of benzene rings is 1. The summed E-state index contributed by atoms with van der Waals surface area (Å²) in [6.07, 6.45) is -0.575. The van der Waals surface area contributed by atoms with Gasteiger partial charge >= 0.3 is 0 Å². The molecule has 5 heteroatoms. The van der Waals surface area contributed by atoms with Gasteiger partial charge in [0, 0.05) is 6.61 Å². The number of likely N-dealkylation sites (tertiary alicyclic amines) is 1. The first-order chi connectivity index (χ1) is 9.11. The van der Waals surface area contributed by atoms with Crippen LogP contribution in [0.1, 0.15) is 13.8 Å². The molecule has 1 amide bonds. The number of hydrogen-bond donors (Lipinski definition) is 0. The van der Waals surface area contributed by atoms with Crippen LogP contribution in [0.15, 0.2) is 24.3 Å². The van der Waals surface area contributed by atoms with E-state index in [2.05, 4.69) is 0 Å². The van der Waals surface area contributed by atoms with Crippen LogP contribution in [0.5, 0.6) is 5.75 Å². The number of carbonyl (C=O) groups is 1. The second-order valence-electron chi connectivity index (χ2n) is 4.51. The van der Waals surface area contributed by atoms with Gasteiger partial charge in [0.25, 0.3) is 5.91 Å². The first-order valence-electron chi connectivity index (χ1n) is 6.43. The number of halogens is 1. The molecule has 0 unspecified atom stereocenters. The molecule has 19 heavy (non-hydrogen) atoms. The third-order valence-electron chi connectivity index (χ3n) is 3.05. The van der Waals surface area contributed by atoms with Crippen molar-refractivity contribution < 1.29 is 18.7 Å². The summed E-state index contributed by atoms with van der Waals surface area (Å²) in [5.74, 6) is -0.192. The summed E-state index contributed by atoms with van der Waals surface area (Å²) < 4.78 is 24.1. The molecule has 1 aliphatic rings. The average molecular weight is 267 g/mol. The third-order valence-corrected chi connectivity index (χ3v) is 3.05. The molecular weight excluding hydrogens is 249 g/mol. The van der Waals surface area contributed by atoms with Crippen LogP contribution in [0.3, 0.4) is 0 Å². The zero-order chi connectivity index (χ0) is 13.8. The Morgan fingerprint density at radius 3 is 2.79 bits per heavy atom. The molecule has 4 nitrogen and oxygen atoms in total. The van der Waals surface area contributed by atoms with Crippen LogP contribution in [0.25, 0.3) is 0 Å². The van der Waals surface area contributed by atoms with E-state index in [9.17, 15) is 9.18 Å². The van der Waals surface area contributed by atoms with Crippen LogP contribution in [-0.2, 0) is 9.53 Å². The summed E-state index contributed by atoms with van der Waals surface area (Å²) in [5, 5.41) is 0. The number of rotatable bonds is 5. The van der Waals surface area contributed by atoms with Crippen molar-refractivity contribution in [2.24, 2.45) is 0 Å². The van der Waals surface area contributed by atoms with E-state index in [0.29, 0.717) is 19.7 Å². The second-order valence-corrected chi connectivity index (χ2v) is 4.51. The first-order valence-corrected chi connectivity index (χ1v) is 6.43. The fraction of sp³-hybridized carbons (Fsp3) is 0.500. The molecule has 1 aromatic rings. The molecule has 0 N–H and O–H groups in total. The fourth-order valence-electron chi connectivity index (χ4n) is 1.99. The van der Waals surface area contributed by atoms with Crippen molar-refractivity contribution >= 4 is 5.91 Å². The predicted octanol–water partition coefficient (Wildman–Crippen LogP) is 1.84. The molecular formula is C14H18FNO3. The summed E-state index contributed by atoms with van der Waals surface area (Å²) in [6, 6.07) is 6.27. The Morgan fingerprint density at radius 2 is 2.16 bits per heavy atom. The SMILES string of the molecule is CCO[C@@H](C)C(=O)N1CC(Oc2ccccc2F)C1. The van der Waals surface area contributed by atoms with E-state index in [1.54, 1.807) is 30.0 Å². The molecule has 0 aliphatic carbocycles. The Balaban J connectivity index is 1.81. The van der Waals surface area contributed by atoms with Gasteiger partial charge in [0.1, 0.15) is 12.2 Å². The lowest BCUT2D eigenvalue weighted by Crippen LogP contribution is -2.58. The first kappa shape index (κ1) is 13.8. The number of nitrogens with zero attached hydrogens (tertiary/aromatic N) is 1. The lowest BCUT2D eigenvalue weighted by molar-refractivity contribution is -0.151. The highest BCUT2D eigenvalue weighted by Gasteiger charge is 2.34. The second kappa shape index (κ2) is 6.02. The summed E-state index contributed by atoms with van der Waals surface area (Å²) >= 11 is 0. The van der Waals surface area contributed by atoms with Crippen LogP contribution >= 0.6 is 0 Å². The maximum absolute atomic E-state index is 13.4. The normalized spacial score (nSPS) is 16.9.